The highest BCUT2D eigenvalue weighted by Gasteiger charge is 2.41. The molecule has 7 heteroatoms. The third kappa shape index (κ3) is 3.50. The fraction of sp³-hybridized carbons (Fsp3) is 0.429. The molecule has 1 N–H and O–H groups in total. The van der Waals surface area contributed by atoms with E-state index in [4.69, 9.17) is 0 Å². The molecule has 0 radical (unpaired) electrons. The zero-order chi connectivity index (χ0) is 19.7. The van der Waals surface area contributed by atoms with Crippen molar-refractivity contribution in [1.82, 2.24) is 20.2 Å². The van der Waals surface area contributed by atoms with Crippen LogP contribution in [-0.2, 0) is 0 Å². The molecule has 2 aromatic rings. The van der Waals surface area contributed by atoms with E-state index in [0.29, 0.717) is 37.1 Å². The van der Waals surface area contributed by atoms with E-state index in [1.54, 1.807) is 6.20 Å². The van der Waals surface area contributed by atoms with Crippen molar-refractivity contribution in [3.8, 4) is 6.07 Å². The van der Waals surface area contributed by atoms with E-state index in [1.165, 1.54) is 17.3 Å². The van der Waals surface area contributed by atoms with Gasteiger partial charge in [0.05, 0.1) is 0 Å². The molecule has 144 valence electrons. The zero-order valence-corrected chi connectivity index (χ0v) is 16.2. The minimum absolute atomic E-state index is 0.00659. The first-order chi connectivity index (χ1) is 13.6. The van der Waals surface area contributed by atoms with E-state index < -0.39 is 0 Å². The molecule has 7 nitrogen and oxygen atoms in total. The lowest BCUT2D eigenvalue weighted by atomic mass is 10.0. The molecule has 3 unspecified atom stereocenters. The highest BCUT2D eigenvalue weighted by molar-refractivity contribution is 5.76. The van der Waals surface area contributed by atoms with Gasteiger partial charge >= 0.3 is 6.03 Å². The molecule has 0 bridgehead atoms. The number of nitriles is 1. The number of hydrogen-bond acceptors (Lipinski definition) is 5. The fourth-order valence-corrected chi connectivity index (χ4v) is 4.04. The number of hydrogen-bond donors (Lipinski definition) is 1. The summed E-state index contributed by atoms with van der Waals surface area (Å²) in [5.41, 5.74) is 2.94. The SMILES string of the molecule is Cc1ccccc1C1CC1NC(=O)N1CCN(c2nccnc2C#N)CC1C. The Morgan fingerprint density at radius 1 is 1.25 bits per heavy atom. The largest absolute Gasteiger partial charge is 0.350 e. The Morgan fingerprint density at radius 3 is 2.79 bits per heavy atom. The number of nitrogens with one attached hydrogen (secondary N) is 1. The van der Waals surface area contributed by atoms with Gasteiger partial charge in [0.1, 0.15) is 6.07 Å². The van der Waals surface area contributed by atoms with E-state index in [1.807, 2.05) is 22.8 Å². The molecule has 28 heavy (non-hydrogen) atoms. The summed E-state index contributed by atoms with van der Waals surface area (Å²) in [4.78, 5) is 25.1. The third-order valence-electron chi connectivity index (χ3n) is 5.66. The molecule has 1 saturated carbocycles. The molecule has 2 amide bonds. The first kappa shape index (κ1) is 18.2. The Labute approximate surface area is 165 Å². The number of carbonyl (C=O) groups is 1. The standard InChI is InChI=1S/C21H24N6O/c1-14-5-3-4-6-16(14)17-11-18(17)25-21(28)27-10-9-26(13-15(27)2)20-19(12-22)23-7-8-24-20/h3-8,15,17-18H,9-11,13H2,1-2H3,(H,25,28). The van der Waals surface area contributed by atoms with Crippen molar-refractivity contribution >= 4 is 11.8 Å². The number of rotatable bonds is 3. The summed E-state index contributed by atoms with van der Waals surface area (Å²) in [6.07, 6.45) is 4.12. The highest BCUT2D eigenvalue weighted by atomic mass is 16.2. The van der Waals surface area contributed by atoms with Crippen LogP contribution in [0.15, 0.2) is 36.7 Å². The van der Waals surface area contributed by atoms with Crippen molar-refractivity contribution < 1.29 is 4.79 Å². The Bertz CT molecular complexity index is 923. The smallest absolute Gasteiger partial charge is 0.317 e. The summed E-state index contributed by atoms with van der Waals surface area (Å²) >= 11 is 0. The van der Waals surface area contributed by atoms with E-state index in [0.717, 1.165) is 6.42 Å². The summed E-state index contributed by atoms with van der Waals surface area (Å²) in [5, 5.41) is 12.4. The quantitative estimate of drug-likeness (QED) is 0.889. The van der Waals surface area contributed by atoms with Crippen molar-refractivity contribution in [2.45, 2.75) is 38.3 Å². The van der Waals surface area contributed by atoms with Gasteiger partial charge in [-0.2, -0.15) is 5.26 Å². The number of aryl methyl sites for hydroxylation is 1. The van der Waals surface area contributed by atoms with Gasteiger partial charge in [0.2, 0.25) is 0 Å². The average Bonchev–Trinajstić information content (AvgIpc) is 3.46. The molecule has 2 fully saturated rings. The lowest BCUT2D eigenvalue weighted by molar-refractivity contribution is 0.170. The molecular weight excluding hydrogens is 352 g/mol. The molecule has 1 aromatic heterocycles. The number of aromatic nitrogens is 2. The number of nitrogens with zero attached hydrogens (tertiary/aromatic N) is 5. The van der Waals surface area contributed by atoms with Gasteiger partial charge in [0.25, 0.3) is 0 Å². The number of piperazine rings is 1. The predicted octanol–water partition coefficient (Wildman–Crippen LogP) is 2.43. The van der Waals surface area contributed by atoms with E-state index in [9.17, 15) is 10.1 Å². The van der Waals surface area contributed by atoms with Crippen molar-refractivity contribution in [2.24, 2.45) is 0 Å². The lowest BCUT2D eigenvalue weighted by Crippen LogP contribution is -2.57. The number of urea groups is 1. The molecule has 4 rings (SSSR count). The lowest BCUT2D eigenvalue weighted by Gasteiger charge is -2.40. The Balaban J connectivity index is 1.36. The first-order valence-corrected chi connectivity index (χ1v) is 9.67. The minimum Gasteiger partial charge on any atom is -0.350 e. The molecule has 1 aromatic carbocycles. The summed E-state index contributed by atoms with van der Waals surface area (Å²) in [6.45, 7) is 6.01. The maximum absolute atomic E-state index is 12.8. The second-order valence-corrected chi connectivity index (χ2v) is 7.58. The van der Waals surface area contributed by atoms with Crippen LogP contribution in [0, 0.1) is 18.3 Å². The van der Waals surface area contributed by atoms with Gasteiger partial charge in [-0.15, -0.1) is 0 Å². The van der Waals surface area contributed by atoms with Gasteiger partial charge < -0.3 is 15.1 Å². The number of carbonyl (C=O) groups excluding carboxylic acids is 1. The fourth-order valence-electron chi connectivity index (χ4n) is 4.04. The molecule has 1 aliphatic carbocycles. The van der Waals surface area contributed by atoms with Gasteiger partial charge in [-0.25, -0.2) is 14.8 Å². The van der Waals surface area contributed by atoms with Gasteiger partial charge in [0, 0.05) is 50.0 Å². The second kappa shape index (κ2) is 7.47. The van der Waals surface area contributed by atoms with Gasteiger partial charge in [-0.05, 0) is 31.4 Å². The molecule has 2 heterocycles. The maximum Gasteiger partial charge on any atom is 0.317 e. The molecule has 1 aliphatic heterocycles. The monoisotopic (exact) mass is 376 g/mol. The second-order valence-electron chi connectivity index (χ2n) is 7.58. The third-order valence-corrected chi connectivity index (χ3v) is 5.66. The van der Waals surface area contributed by atoms with Crippen molar-refractivity contribution in [3.63, 3.8) is 0 Å². The van der Waals surface area contributed by atoms with Gasteiger partial charge in [-0.3, -0.25) is 0 Å². The molecule has 1 saturated heterocycles. The van der Waals surface area contributed by atoms with Crippen LogP contribution in [0.5, 0.6) is 0 Å². The Morgan fingerprint density at radius 2 is 2.04 bits per heavy atom. The summed E-state index contributed by atoms with van der Waals surface area (Å²) in [6, 6.07) is 10.7. The maximum atomic E-state index is 12.8. The topological polar surface area (TPSA) is 85.2 Å². The highest BCUT2D eigenvalue weighted by Crippen LogP contribution is 2.42. The van der Waals surface area contributed by atoms with Gasteiger partial charge in [-0.1, -0.05) is 24.3 Å². The molecule has 2 aliphatic rings. The van der Waals surface area contributed by atoms with Crippen molar-refractivity contribution in [2.75, 3.05) is 24.5 Å². The number of amides is 2. The molecule has 3 atom stereocenters. The zero-order valence-electron chi connectivity index (χ0n) is 16.2. The van der Waals surface area contributed by atoms with Crippen LogP contribution in [0.2, 0.25) is 0 Å². The van der Waals surface area contributed by atoms with E-state index >= 15 is 0 Å². The Hall–Kier alpha value is -3.14. The van der Waals surface area contributed by atoms with Crippen LogP contribution in [-0.4, -0.2) is 52.6 Å². The minimum atomic E-state index is -0.00659. The van der Waals surface area contributed by atoms with E-state index in [2.05, 4.69) is 46.5 Å². The van der Waals surface area contributed by atoms with Crippen LogP contribution in [0.1, 0.15) is 36.1 Å². The van der Waals surface area contributed by atoms with Crippen LogP contribution in [0.3, 0.4) is 0 Å². The summed E-state index contributed by atoms with van der Waals surface area (Å²) < 4.78 is 0. The first-order valence-electron chi connectivity index (χ1n) is 9.67. The average molecular weight is 376 g/mol. The van der Waals surface area contributed by atoms with Gasteiger partial charge in [0.15, 0.2) is 11.5 Å². The summed E-state index contributed by atoms with van der Waals surface area (Å²) in [7, 11) is 0. The Kier molecular flexibility index (Phi) is 4.86. The van der Waals surface area contributed by atoms with Crippen LogP contribution < -0.4 is 10.2 Å². The summed E-state index contributed by atoms with van der Waals surface area (Å²) in [5.74, 6) is 1.01. The normalized spacial score (nSPS) is 23.8. The van der Waals surface area contributed by atoms with Crippen LogP contribution >= 0.6 is 0 Å². The van der Waals surface area contributed by atoms with Crippen LogP contribution in [0.4, 0.5) is 10.6 Å². The van der Waals surface area contributed by atoms with Crippen LogP contribution in [0.25, 0.3) is 0 Å². The predicted molar refractivity (Wildman–Crippen MR) is 106 cm³/mol. The molecule has 0 spiro atoms. The number of benzene rings is 1. The van der Waals surface area contributed by atoms with E-state index in [-0.39, 0.29) is 18.1 Å². The van der Waals surface area contributed by atoms with Crippen molar-refractivity contribution in [1.29, 1.82) is 5.26 Å². The van der Waals surface area contributed by atoms with Crippen molar-refractivity contribution in [3.05, 3.63) is 53.5 Å². The molecular formula is C21H24N6O. The number of anilines is 1.